The van der Waals surface area contributed by atoms with E-state index in [0.29, 0.717) is 5.52 Å². The van der Waals surface area contributed by atoms with Crippen molar-refractivity contribution in [3.8, 4) is 0 Å². The Bertz CT molecular complexity index is 541. The summed E-state index contributed by atoms with van der Waals surface area (Å²) in [5.74, 6) is 0.955. The van der Waals surface area contributed by atoms with Crippen molar-refractivity contribution in [2.24, 2.45) is 0 Å². The van der Waals surface area contributed by atoms with Crippen LogP contribution < -0.4 is 0 Å². The first-order valence-electron chi connectivity index (χ1n) is 5.26. The van der Waals surface area contributed by atoms with Gasteiger partial charge >= 0.3 is 5.69 Å². The fraction of sp³-hybridized carbons (Fsp3) is 0.400. The van der Waals surface area contributed by atoms with Crippen molar-refractivity contribution < 1.29 is 9.55 Å². The Labute approximate surface area is 101 Å². The average Bonchev–Trinajstić information content (AvgIpc) is 2.78. The van der Waals surface area contributed by atoms with Gasteiger partial charge in [0.25, 0.3) is 0 Å². The maximum atomic E-state index is 10.8. The first kappa shape index (κ1) is 11.8. The highest BCUT2D eigenvalue weighted by molar-refractivity contribution is 7.99. The smallest absolute Gasteiger partial charge is 0.258 e. The standard InChI is InChI=1S/C10H11N3O3S/c1-2-3-6-17-8-5-4-7(13(14)15)9-10(8)12-16-11-9/h4-5H,2-3,6H2,1H3. The molecule has 0 unspecified atom stereocenters. The molecule has 0 aliphatic rings. The molecule has 1 aromatic carbocycles. The Morgan fingerprint density at radius 2 is 2.18 bits per heavy atom. The van der Waals surface area contributed by atoms with E-state index in [9.17, 15) is 10.1 Å². The van der Waals surface area contributed by atoms with Crippen molar-refractivity contribution >= 4 is 28.5 Å². The number of thioether (sulfide) groups is 1. The van der Waals surface area contributed by atoms with Crippen LogP contribution in [0.5, 0.6) is 0 Å². The Kier molecular flexibility index (Phi) is 3.58. The van der Waals surface area contributed by atoms with Crippen LogP contribution >= 0.6 is 11.8 Å². The molecule has 6 nitrogen and oxygen atoms in total. The number of hydrogen-bond acceptors (Lipinski definition) is 6. The van der Waals surface area contributed by atoms with Gasteiger partial charge in [-0.25, -0.2) is 4.63 Å². The molecule has 0 spiro atoms. The van der Waals surface area contributed by atoms with Crippen LogP contribution in [-0.2, 0) is 0 Å². The molecule has 0 amide bonds. The first-order valence-corrected chi connectivity index (χ1v) is 6.25. The first-order chi connectivity index (χ1) is 8.24. The van der Waals surface area contributed by atoms with Crippen LogP contribution in [0.4, 0.5) is 5.69 Å². The topological polar surface area (TPSA) is 82.1 Å². The van der Waals surface area contributed by atoms with Crippen molar-refractivity contribution in [1.29, 1.82) is 0 Å². The third-order valence-corrected chi connectivity index (χ3v) is 3.44. The molecule has 2 rings (SSSR count). The van der Waals surface area contributed by atoms with Gasteiger partial charge in [-0.3, -0.25) is 10.1 Å². The fourth-order valence-electron chi connectivity index (χ4n) is 1.42. The van der Waals surface area contributed by atoms with Gasteiger partial charge in [0.2, 0.25) is 5.52 Å². The van der Waals surface area contributed by atoms with E-state index in [1.54, 1.807) is 17.8 Å². The lowest BCUT2D eigenvalue weighted by molar-refractivity contribution is -0.383. The second-order valence-corrected chi connectivity index (χ2v) is 4.64. The predicted octanol–water partition coefficient (Wildman–Crippen LogP) is 3.02. The summed E-state index contributed by atoms with van der Waals surface area (Å²) in [6.45, 7) is 2.11. The molecule has 0 saturated heterocycles. The van der Waals surface area contributed by atoms with E-state index < -0.39 is 4.92 Å². The molecule has 1 aromatic heterocycles. The molecule has 0 N–H and O–H groups in total. The summed E-state index contributed by atoms with van der Waals surface area (Å²) < 4.78 is 4.58. The third kappa shape index (κ3) is 2.38. The van der Waals surface area contributed by atoms with E-state index in [2.05, 4.69) is 21.9 Å². The van der Waals surface area contributed by atoms with E-state index in [-0.39, 0.29) is 11.2 Å². The molecular formula is C10H11N3O3S. The molecule has 17 heavy (non-hydrogen) atoms. The van der Waals surface area contributed by atoms with Crippen LogP contribution in [0.2, 0.25) is 0 Å². The number of fused-ring (bicyclic) bond motifs is 1. The lowest BCUT2D eigenvalue weighted by Gasteiger charge is -2.00. The zero-order valence-electron chi connectivity index (χ0n) is 9.25. The van der Waals surface area contributed by atoms with Gasteiger partial charge < -0.3 is 0 Å². The average molecular weight is 253 g/mol. The van der Waals surface area contributed by atoms with Gasteiger partial charge in [0.15, 0.2) is 5.52 Å². The Hall–Kier alpha value is -1.63. The molecular weight excluding hydrogens is 242 g/mol. The minimum absolute atomic E-state index is 0.0684. The van der Waals surface area contributed by atoms with Crippen molar-refractivity contribution in [1.82, 2.24) is 10.3 Å². The summed E-state index contributed by atoms with van der Waals surface area (Å²) in [4.78, 5) is 11.2. The molecule has 0 bridgehead atoms. The van der Waals surface area contributed by atoms with Gasteiger partial charge in [-0.15, -0.1) is 11.8 Å². The number of non-ortho nitro benzene ring substituents is 1. The van der Waals surface area contributed by atoms with E-state index in [1.807, 2.05) is 0 Å². The van der Waals surface area contributed by atoms with Crippen LogP contribution in [0.1, 0.15) is 19.8 Å². The van der Waals surface area contributed by atoms with Crippen LogP contribution in [-0.4, -0.2) is 21.0 Å². The monoisotopic (exact) mass is 253 g/mol. The molecule has 90 valence electrons. The third-order valence-electron chi connectivity index (χ3n) is 2.31. The minimum atomic E-state index is -0.479. The minimum Gasteiger partial charge on any atom is -0.258 e. The Balaban J connectivity index is 2.36. The second kappa shape index (κ2) is 5.13. The zero-order valence-corrected chi connectivity index (χ0v) is 10.1. The molecule has 0 atom stereocenters. The van der Waals surface area contributed by atoms with Gasteiger partial charge in [-0.05, 0) is 28.6 Å². The molecule has 0 aliphatic heterocycles. The van der Waals surface area contributed by atoms with Gasteiger partial charge in [0.1, 0.15) is 0 Å². The van der Waals surface area contributed by atoms with Gasteiger partial charge in [0.05, 0.1) is 4.92 Å². The molecule has 1 heterocycles. The van der Waals surface area contributed by atoms with Gasteiger partial charge in [-0.1, -0.05) is 13.3 Å². The number of nitrogens with zero attached hydrogens (tertiary/aromatic N) is 3. The fourth-order valence-corrected chi connectivity index (χ4v) is 2.51. The van der Waals surface area contributed by atoms with Crippen LogP contribution in [0, 0.1) is 10.1 Å². The summed E-state index contributed by atoms with van der Waals surface area (Å²) in [5, 5.41) is 18.1. The highest BCUT2D eigenvalue weighted by Crippen LogP contribution is 2.31. The highest BCUT2D eigenvalue weighted by atomic mass is 32.2. The maximum absolute atomic E-state index is 10.8. The number of hydrogen-bond donors (Lipinski definition) is 0. The second-order valence-electron chi connectivity index (χ2n) is 3.50. The van der Waals surface area contributed by atoms with E-state index in [0.717, 1.165) is 23.5 Å². The summed E-state index contributed by atoms with van der Waals surface area (Å²) in [6, 6.07) is 3.14. The lowest BCUT2D eigenvalue weighted by Crippen LogP contribution is -1.90. The summed E-state index contributed by atoms with van der Waals surface area (Å²) in [6.07, 6.45) is 2.20. The van der Waals surface area contributed by atoms with Crippen molar-refractivity contribution in [2.45, 2.75) is 24.7 Å². The van der Waals surface area contributed by atoms with Gasteiger partial charge in [-0.2, -0.15) is 0 Å². The largest absolute Gasteiger partial charge is 0.300 e. The molecule has 0 saturated carbocycles. The van der Waals surface area contributed by atoms with Gasteiger partial charge in [0, 0.05) is 11.0 Å². The molecule has 0 aliphatic carbocycles. The molecule has 0 radical (unpaired) electrons. The number of nitro benzene ring substituents is 1. The predicted molar refractivity (Wildman–Crippen MR) is 64.1 cm³/mol. The van der Waals surface area contributed by atoms with Crippen molar-refractivity contribution in [2.75, 3.05) is 5.75 Å². The van der Waals surface area contributed by atoms with Crippen molar-refractivity contribution in [3.05, 3.63) is 22.2 Å². The van der Waals surface area contributed by atoms with Crippen molar-refractivity contribution in [3.63, 3.8) is 0 Å². The number of aromatic nitrogens is 2. The summed E-state index contributed by atoms with van der Waals surface area (Å²) in [7, 11) is 0. The summed E-state index contributed by atoms with van der Waals surface area (Å²) >= 11 is 1.61. The Morgan fingerprint density at radius 3 is 2.88 bits per heavy atom. The molecule has 0 fully saturated rings. The maximum Gasteiger partial charge on any atom is 0.300 e. The Morgan fingerprint density at radius 1 is 1.41 bits per heavy atom. The molecule has 2 aromatic rings. The van der Waals surface area contributed by atoms with Crippen LogP contribution in [0.3, 0.4) is 0 Å². The number of rotatable bonds is 5. The molecule has 7 heteroatoms. The number of unbranched alkanes of at least 4 members (excludes halogenated alkanes) is 1. The quantitative estimate of drug-likeness (QED) is 0.352. The normalized spacial score (nSPS) is 10.9. The summed E-state index contributed by atoms with van der Waals surface area (Å²) in [5.41, 5.74) is 0.623. The highest BCUT2D eigenvalue weighted by Gasteiger charge is 2.19. The SMILES string of the molecule is CCCCSc1ccc([N+](=O)[O-])c2nonc12. The van der Waals surface area contributed by atoms with Crippen LogP contribution in [0.15, 0.2) is 21.7 Å². The van der Waals surface area contributed by atoms with E-state index in [4.69, 9.17) is 0 Å². The van der Waals surface area contributed by atoms with Crippen LogP contribution in [0.25, 0.3) is 11.0 Å². The van der Waals surface area contributed by atoms with E-state index in [1.165, 1.54) is 6.07 Å². The lowest BCUT2D eigenvalue weighted by atomic mass is 10.3. The number of benzene rings is 1. The zero-order chi connectivity index (χ0) is 12.3. The van der Waals surface area contributed by atoms with E-state index >= 15 is 0 Å². The number of nitro groups is 1.